The smallest absolute Gasteiger partial charge is 0.0356 e. The SMILES string of the molecule is CN1C=CC(CCCc2ccncc2)=CC1. The topological polar surface area (TPSA) is 16.1 Å². The van der Waals surface area contributed by atoms with Gasteiger partial charge in [0.25, 0.3) is 0 Å². The first-order valence-corrected chi connectivity index (χ1v) is 5.81. The molecule has 0 unspecified atom stereocenters. The van der Waals surface area contributed by atoms with Gasteiger partial charge in [-0.15, -0.1) is 0 Å². The zero-order chi connectivity index (χ0) is 11.2. The third-order valence-corrected chi connectivity index (χ3v) is 2.86. The molecule has 0 spiro atoms. The quantitative estimate of drug-likeness (QED) is 0.766. The maximum absolute atomic E-state index is 4.02. The van der Waals surface area contributed by atoms with Crippen molar-refractivity contribution in [1.82, 2.24) is 9.88 Å². The zero-order valence-electron chi connectivity index (χ0n) is 9.76. The van der Waals surface area contributed by atoms with Crippen molar-refractivity contribution in [3.05, 3.63) is 54.0 Å². The number of aromatic nitrogens is 1. The average Bonchev–Trinajstić information content (AvgIpc) is 2.33. The number of hydrogen-bond acceptors (Lipinski definition) is 2. The number of hydrogen-bond donors (Lipinski definition) is 0. The first kappa shape index (κ1) is 10.9. The van der Waals surface area contributed by atoms with Gasteiger partial charge in [-0.25, -0.2) is 0 Å². The highest BCUT2D eigenvalue weighted by Gasteiger charge is 2.00. The van der Waals surface area contributed by atoms with Gasteiger partial charge in [0, 0.05) is 26.0 Å². The third kappa shape index (κ3) is 3.23. The fourth-order valence-corrected chi connectivity index (χ4v) is 1.84. The Kier molecular flexibility index (Phi) is 3.76. The summed E-state index contributed by atoms with van der Waals surface area (Å²) in [6.07, 6.45) is 13.9. The average molecular weight is 214 g/mol. The summed E-state index contributed by atoms with van der Waals surface area (Å²) in [5.41, 5.74) is 2.85. The molecule has 2 rings (SSSR count). The minimum absolute atomic E-state index is 1.04. The molecule has 1 aliphatic heterocycles. The van der Waals surface area contributed by atoms with E-state index < -0.39 is 0 Å². The molecule has 0 N–H and O–H groups in total. The highest BCUT2D eigenvalue weighted by Crippen LogP contribution is 2.13. The number of pyridine rings is 1. The summed E-state index contributed by atoms with van der Waals surface area (Å²) in [4.78, 5) is 6.21. The summed E-state index contributed by atoms with van der Waals surface area (Å²) < 4.78 is 0. The molecule has 1 aliphatic rings. The van der Waals surface area contributed by atoms with Gasteiger partial charge in [0.2, 0.25) is 0 Å². The largest absolute Gasteiger partial charge is 0.377 e. The summed E-state index contributed by atoms with van der Waals surface area (Å²) in [6.45, 7) is 1.04. The summed E-state index contributed by atoms with van der Waals surface area (Å²) in [6, 6.07) is 4.19. The predicted octanol–water partition coefficient (Wildman–Crippen LogP) is 2.79. The molecule has 0 saturated carbocycles. The van der Waals surface area contributed by atoms with Crippen LogP contribution < -0.4 is 0 Å². The number of likely N-dealkylation sites (N-methyl/N-ethyl adjacent to an activating group) is 1. The van der Waals surface area contributed by atoms with Crippen LogP contribution in [0.1, 0.15) is 18.4 Å². The predicted molar refractivity (Wildman–Crippen MR) is 67.0 cm³/mol. The molecule has 0 amide bonds. The maximum Gasteiger partial charge on any atom is 0.0356 e. The minimum Gasteiger partial charge on any atom is -0.377 e. The standard InChI is InChI=1S/C14H18N2/c1-16-11-7-14(8-12-16)4-2-3-13-5-9-15-10-6-13/h5-11H,2-4,12H2,1H3. The second-order valence-corrected chi connectivity index (χ2v) is 4.24. The van der Waals surface area contributed by atoms with Crippen molar-refractivity contribution in [2.45, 2.75) is 19.3 Å². The number of rotatable bonds is 4. The van der Waals surface area contributed by atoms with E-state index >= 15 is 0 Å². The monoisotopic (exact) mass is 214 g/mol. The second-order valence-electron chi connectivity index (χ2n) is 4.24. The molecule has 2 heterocycles. The van der Waals surface area contributed by atoms with Gasteiger partial charge >= 0.3 is 0 Å². The number of allylic oxidation sites excluding steroid dienone is 2. The van der Waals surface area contributed by atoms with E-state index in [1.54, 1.807) is 0 Å². The van der Waals surface area contributed by atoms with E-state index in [0.29, 0.717) is 0 Å². The molecular weight excluding hydrogens is 196 g/mol. The van der Waals surface area contributed by atoms with Crippen molar-refractivity contribution < 1.29 is 0 Å². The first-order valence-electron chi connectivity index (χ1n) is 5.81. The van der Waals surface area contributed by atoms with Crippen LogP contribution in [-0.2, 0) is 6.42 Å². The van der Waals surface area contributed by atoms with Gasteiger partial charge in [-0.1, -0.05) is 6.08 Å². The van der Waals surface area contributed by atoms with Crippen molar-refractivity contribution >= 4 is 0 Å². The Bertz CT molecular complexity index is 379. The zero-order valence-corrected chi connectivity index (χ0v) is 9.76. The van der Waals surface area contributed by atoms with Crippen LogP contribution >= 0.6 is 0 Å². The van der Waals surface area contributed by atoms with Crippen LogP contribution in [0.5, 0.6) is 0 Å². The highest BCUT2D eigenvalue weighted by molar-refractivity contribution is 5.22. The summed E-state index contributed by atoms with van der Waals surface area (Å²) in [5, 5.41) is 0. The number of aryl methyl sites for hydroxylation is 1. The summed E-state index contributed by atoms with van der Waals surface area (Å²) in [7, 11) is 2.10. The lowest BCUT2D eigenvalue weighted by atomic mass is 10.0. The van der Waals surface area contributed by atoms with Crippen LogP contribution in [0.3, 0.4) is 0 Å². The first-order chi connectivity index (χ1) is 7.84. The third-order valence-electron chi connectivity index (χ3n) is 2.86. The van der Waals surface area contributed by atoms with E-state index in [-0.39, 0.29) is 0 Å². The fourth-order valence-electron chi connectivity index (χ4n) is 1.84. The molecule has 1 aromatic heterocycles. The van der Waals surface area contributed by atoms with E-state index in [1.165, 1.54) is 24.0 Å². The highest BCUT2D eigenvalue weighted by atomic mass is 15.1. The van der Waals surface area contributed by atoms with Crippen LogP contribution in [0, 0.1) is 0 Å². The Morgan fingerprint density at radius 1 is 1.25 bits per heavy atom. The van der Waals surface area contributed by atoms with Gasteiger partial charge in [-0.05, 0) is 54.8 Å². The van der Waals surface area contributed by atoms with Gasteiger partial charge in [-0.3, -0.25) is 4.98 Å². The second kappa shape index (κ2) is 5.50. The van der Waals surface area contributed by atoms with Crippen LogP contribution in [0.2, 0.25) is 0 Å². The van der Waals surface area contributed by atoms with Crippen LogP contribution in [0.25, 0.3) is 0 Å². The summed E-state index contributed by atoms with van der Waals surface area (Å²) >= 11 is 0. The molecule has 2 heteroatoms. The van der Waals surface area contributed by atoms with Crippen LogP contribution in [0.15, 0.2) is 48.5 Å². The molecule has 1 aromatic rings. The molecule has 0 bridgehead atoms. The van der Waals surface area contributed by atoms with Gasteiger partial charge in [0.05, 0.1) is 0 Å². The van der Waals surface area contributed by atoms with Crippen molar-refractivity contribution in [3.63, 3.8) is 0 Å². The van der Waals surface area contributed by atoms with E-state index in [2.05, 4.69) is 47.4 Å². The molecule has 0 radical (unpaired) electrons. The van der Waals surface area contributed by atoms with E-state index in [1.807, 2.05) is 12.4 Å². The van der Waals surface area contributed by atoms with Gasteiger partial charge in [-0.2, -0.15) is 0 Å². The lowest BCUT2D eigenvalue weighted by Gasteiger charge is -2.16. The molecule has 0 saturated heterocycles. The normalized spacial score (nSPS) is 15.1. The lowest BCUT2D eigenvalue weighted by molar-refractivity contribution is 0.500. The van der Waals surface area contributed by atoms with Gasteiger partial charge in [0.1, 0.15) is 0 Å². The lowest BCUT2D eigenvalue weighted by Crippen LogP contribution is -2.13. The van der Waals surface area contributed by atoms with Crippen LogP contribution in [-0.4, -0.2) is 23.5 Å². The molecule has 0 fully saturated rings. The van der Waals surface area contributed by atoms with Crippen LogP contribution in [0.4, 0.5) is 0 Å². The van der Waals surface area contributed by atoms with Crippen molar-refractivity contribution in [1.29, 1.82) is 0 Å². The van der Waals surface area contributed by atoms with E-state index in [0.717, 1.165) is 13.0 Å². The van der Waals surface area contributed by atoms with Gasteiger partial charge < -0.3 is 4.90 Å². The molecule has 0 atom stereocenters. The minimum atomic E-state index is 1.04. The molecule has 0 aliphatic carbocycles. The van der Waals surface area contributed by atoms with E-state index in [4.69, 9.17) is 0 Å². The molecule has 2 nitrogen and oxygen atoms in total. The Balaban J connectivity index is 1.75. The summed E-state index contributed by atoms with van der Waals surface area (Å²) in [5.74, 6) is 0. The van der Waals surface area contributed by atoms with Crippen molar-refractivity contribution in [2.75, 3.05) is 13.6 Å². The molecular formula is C14H18N2. The Hall–Kier alpha value is -1.57. The maximum atomic E-state index is 4.02. The molecule has 84 valence electrons. The Morgan fingerprint density at radius 3 is 2.75 bits per heavy atom. The fraction of sp³-hybridized carbons (Fsp3) is 0.357. The molecule has 16 heavy (non-hydrogen) atoms. The molecule has 0 aromatic carbocycles. The Morgan fingerprint density at radius 2 is 2.06 bits per heavy atom. The van der Waals surface area contributed by atoms with Crippen molar-refractivity contribution in [3.8, 4) is 0 Å². The number of nitrogens with zero attached hydrogens (tertiary/aromatic N) is 2. The van der Waals surface area contributed by atoms with E-state index in [9.17, 15) is 0 Å². The Labute approximate surface area is 97.3 Å². The van der Waals surface area contributed by atoms with Gasteiger partial charge in [0.15, 0.2) is 0 Å². The van der Waals surface area contributed by atoms with Crippen molar-refractivity contribution in [2.24, 2.45) is 0 Å².